The molecule has 0 fully saturated rings. The Bertz CT molecular complexity index is 496. The second-order valence-corrected chi connectivity index (χ2v) is 6.58. The van der Waals surface area contributed by atoms with Crippen molar-refractivity contribution in [3.63, 3.8) is 0 Å². The van der Waals surface area contributed by atoms with E-state index in [1.807, 2.05) is 12.1 Å². The van der Waals surface area contributed by atoms with E-state index in [0.717, 1.165) is 10.8 Å². The van der Waals surface area contributed by atoms with Crippen LogP contribution in [0.5, 0.6) is 0 Å². The molecule has 1 aromatic heterocycles. The molecule has 1 heterocycles. The minimum absolute atomic E-state index is 0.121. The second-order valence-electron chi connectivity index (χ2n) is 3.90. The van der Waals surface area contributed by atoms with Gasteiger partial charge in [-0.05, 0) is 36.1 Å². The van der Waals surface area contributed by atoms with E-state index in [1.165, 1.54) is 15.3 Å². The third-order valence-electron chi connectivity index (χ3n) is 2.75. The number of thioether (sulfide) groups is 1. The summed E-state index contributed by atoms with van der Waals surface area (Å²) in [6.07, 6.45) is 2.92. The summed E-state index contributed by atoms with van der Waals surface area (Å²) in [7, 11) is 0. The molecule has 0 bridgehead atoms. The number of hydrogen-bond acceptors (Lipinski definition) is 4. The van der Waals surface area contributed by atoms with Gasteiger partial charge in [0.15, 0.2) is 0 Å². The molecule has 2 nitrogen and oxygen atoms in total. The van der Waals surface area contributed by atoms with Gasteiger partial charge in [0.1, 0.15) is 0 Å². The first-order valence-corrected chi connectivity index (χ1v) is 7.99. The number of rotatable bonds is 5. The molecule has 1 atom stereocenters. The zero-order valence-corrected chi connectivity index (χ0v) is 12.4. The van der Waals surface area contributed by atoms with E-state index >= 15 is 0 Å². The monoisotopic (exact) mass is 298 g/mol. The van der Waals surface area contributed by atoms with Crippen LogP contribution in [0.4, 0.5) is 0 Å². The Morgan fingerprint density at radius 3 is 2.50 bits per heavy atom. The van der Waals surface area contributed by atoms with Crippen molar-refractivity contribution < 1.29 is 0 Å². The molecule has 96 valence electrons. The highest BCUT2D eigenvalue weighted by Crippen LogP contribution is 2.27. The van der Waals surface area contributed by atoms with Crippen molar-refractivity contribution in [3.8, 4) is 0 Å². The summed E-state index contributed by atoms with van der Waals surface area (Å²) >= 11 is 9.27. The van der Waals surface area contributed by atoms with Crippen LogP contribution in [0.3, 0.4) is 0 Å². The van der Waals surface area contributed by atoms with Gasteiger partial charge in [0, 0.05) is 16.2 Å². The van der Waals surface area contributed by atoms with Crippen molar-refractivity contribution in [2.24, 2.45) is 5.84 Å². The standard InChI is InChI=1S/C13H15ClN2S2/c1-17-10-4-2-9(3-5-10)12(16-15)8-11-6-7-13(14)18-11/h2-7,12,16H,8,15H2,1H3. The van der Waals surface area contributed by atoms with Crippen molar-refractivity contribution in [1.82, 2.24) is 5.43 Å². The van der Waals surface area contributed by atoms with E-state index in [-0.39, 0.29) is 6.04 Å². The number of halogens is 1. The Morgan fingerprint density at radius 2 is 2.00 bits per heavy atom. The second kappa shape index (κ2) is 6.59. The van der Waals surface area contributed by atoms with Crippen LogP contribution in [0, 0.1) is 0 Å². The SMILES string of the molecule is CSc1ccc(C(Cc2ccc(Cl)s2)NN)cc1. The van der Waals surface area contributed by atoms with Crippen molar-refractivity contribution in [1.29, 1.82) is 0 Å². The first-order valence-electron chi connectivity index (χ1n) is 5.57. The van der Waals surface area contributed by atoms with Crippen molar-refractivity contribution in [2.75, 3.05) is 6.26 Å². The predicted octanol–water partition coefficient (Wildman–Crippen LogP) is 3.87. The van der Waals surface area contributed by atoms with Crippen LogP contribution in [0.2, 0.25) is 4.34 Å². The molecule has 1 aromatic carbocycles. The van der Waals surface area contributed by atoms with Crippen molar-refractivity contribution in [2.45, 2.75) is 17.4 Å². The predicted molar refractivity (Wildman–Crippen MR) is 81.3 cm³/mol. The van der Waals surface area contributed by atoms with Crippen LogP contribution in [0.15, 0.2) is 41.3 Å². The fourth-order valence-corrected chi connectivity index (χ4v) is 3.31. The minimum Gasteiger partial charge on any atom is -0.271 e. The number of hydrogen-bond donors (Lipinski definition) is 2. The van der Waals surface area contributed by atoms with Gasteiger partial charge < -0.3 is 0 Å². The maximum atomic E-state index is 5.94. The van der Waals surface area contributed by atoms with Crippen LogP contribution >= 0.6 is 34.7 Å². The molecule has 2 aromatic rings. The van der Waals surface area contributed by atoms with Crippen molar-refractivity contribution >= 4 is 34.7 Å². The maximum Gasteiger partial charge on any atom is 0.0931 e. The topological polar surface area (TPSA) is 38.0 Å². The Balaban J connectivity index is 2.12. The molecule has 2 rings (SSSR count). The van der Waals surface area contributed by atoms with E-state index in [1.54, 1.807) is 23.1 Å². The molecular weight excluding hydrogens is 284 g/mol. The number of hydrazine groups is 1. The summed E-state index contributed by atoms with van der Waals surface area (Å²) < 4.78 is 0.818. The lowest BCUT2D eigenvalue weighted by atomic mass is 10.0. The first-order chi connectivity index (χ1) is 8.72. The lowest BCUT2D eigenvalue weighted by molar-refractivity contribution is 0.555. The Kier molecular flexibility index (Phi) is 5.09. The maximum absolute atomic E-state index is 5.94. The molecule has 5 heteroatoms. The molecule has 0 aliphatic carbocycles. The van der Waals surface area contributed by atoms with Crippen LogP contribution < -0.4 is 11.3 Å². The molecule has 0 aliphatic rings. The van der Waals surface area contributed by atoms with Gasteiger partial charge in [-0.15, -0.1) is 23.1 Å². The normalized spacial score (nSPS) is 12.6. The van der Waals surface area contributed by atoms with E-state index in [0.29, 0.717) is 0 Å². The summed E-state index contributed by atoms with van der Waals surface area (Å²) in [4.78, 5) is 2.49. The molecule has 0 saturated heterocycles. The summed E-state index contributed by atoms with van der Waals surface area (Å²) in [5, 5.41) is 0. The first kappa shape index (κ1) is 13.9. The summed E-state index contributed by atoms with van der Waals surface area (Å²) in [6, 6.07) is 12.6. The molecular formula is C13H15ClN2S2. The lowest BCUT2D eigenvalue weighted by Gasteiger charge is -2.15. The Labute approximate surface area is 121 Å². The quantitative estimate of drug-likeness (QED) is 0.500. The van der Waals surface area contributed by atoms with Crippen molar-refractivity contribution in [3.05, 3.63) is 51.2 Å². The third kappa shape index (κ3) is 3.49. The molecule has 0 amide bonds. The molecule has 0 radical (unpaired) electrons. The van der Waals surface area contributed by atoms with Crippen LogP contribution in [0.1, 0.15) is 16.5 Å². The lowest BCUT2D eigenvalue weighted by Crippen LogP contribution is -2.29. The smallest absolute Gasteiger partial charge is 0.0931 e. The van der Waals surface area contributed by atoms with Gasteiger partial charge in [-0.3, -0.25) is 11.3 Å². The van der Waals surface area contributed by atoms with E-state index in [4.69, 9.17) is 17.4 Å². The fraction of sp³-hybridized carbons (Fsp3) is 0.231. The highest BCUT2D eigenvalue weighted by molar-refractivity contribution is 7.98. The fourth-order valence-electron chi connectivity index (χ4n) is 1.77. The Hall–Kier alpha value is -0.520. The number of benzene rings is 1. The van der Waals surface area contributed by atoms with E-state index in [9.17, 15) is 0 Å². The molecule has 0 aliphatic heterocycles. The zero-order chi connectivity index (χ0) is 13.0. The van der Waals surface area contributed by atoms with Gasteiger partial charge in [-0.25, -0.2) is 0 Å². The number of nitrogens with one attached hydrogen (secondary N) is 1. The molecule has 0 spiro atoms. The average molecular weight is 299 g/mol. The number of thiophene rings is 1. The summed E-state index contributed by atoms with van der Waals surface area (Å²) in [5.41, 5.74) is 4.06. The van der Waals surface area contributed by atoms with Crippen LogP contribution in [-0.4, -0.2) is 6.26 Å². The minimum atomic E-state index is 0.121. The molecule has 1 unspecified atom stereocenters. The van der Waals surface area contributed by atoms with Gasteiger partial charge in [-0.2, -0.15) is 0 Å². The molecule has 18 heavy (non-hydrogen) atoms. The summed E-state index contributed by atoms with van der Waals surface area (Å²) in [6.45, 7) is 0. The molecule has 3 N–H and O–H groups in total. The zero-order valence-electron chi connectivity index (χ0n) is 10.0. The van der Waals surface area contributed by atoms with Gasteiger partial charge >= 0.3 is 0 Å². The van der Waals surface area contributed by atoms with Gasteiger partial charge in [0.2, 0.25) is 0 Å². The van der Waals surface area contributed by atoms with Crippen LogP contribution in [-0.2, 0) is 6.42 Å². The van der Waals surface area contributed by atoms with Crippen LogP contribution in [0.25, 0.3) is 0 Å². The summed E-state index contributed by atoms with van der Waals surface area (Å²) in [5.74, 6) is 5.65. The van der Waals surface area contributed by atoms with E-state index < -0.39 is 0 Å². The third-order valence-corrected chi connectivity index (χ3v) is 4.75. The highest BCUT2D eigenvalue weighted by atomic mass is 35.5. The van der Waals surface area contributed by atoms with E-state index in [2.05, 4.69) is 35.9 Å². The van der Waals surface area contributed by atoms with Gasteiger partial charge in [0.05, 0.1) is 10.4 Å². The number of nitrogens with two attached hydrogens (primary N) is 1. The molecule has 0 saturated carbocycles. The van der Waals surface area contributed by atoms with Gasteiger partial charge in [-0.1, -0.05) is 23.7 Å². The van der Waals surface area contributed by atoms with Gasteiger partial charge in [0.25, 0.3) is 0 Å². The highest BCUT2D eigenvalue weighted by Gasteiger charge is 2.11. The average Bonchev–Trinajstić information content (AvgIpc) is 2.82. The Morgan fingerprint density at radius 1 is 1.28 bits per heavy atom. The largest absolute Gasteiger partial charge is 0.271 e.